The standard InChI is InChI=1S/C20H20N4O3S2/c1-2-14-8-10-15(11-9-14)21-18(26)13-28-20-24-23-19(29-20)22-17(25)12-27-16-6-4-3-5-7-16/h3-11H,2,12-13H2,1H3,(H,21,26)(H,22,23,25). The summed E-state index contributed by atoms with van der Waals surface area (Å²) in [7, 11) is 0. The van der Waals surface area contributed by atoms with Crippen LogP contribution in [0.15, 0.2) is 58.9 Å². The molecule has 1 aromatic heterocycles. The molecule has 3 aromatic rings. The molecule has 2 N–H and O–H groups in total. The van der Waals surface area contributed by atoms with E-state index < -0.39 is 0 Å². The van der Waals surface area contributed by atoms with Crippen LogP contribution in [0.1, 0.15) is 12.5 Å². The molecular weight excluding hydrogens is 408 g/mol. The Morgan fingerprint density at radius 3 is 2.48 bits per heavy atom. The molecule has 1 heterocycles. The number of ether oxygens (including phenoxy) is 1. The Labute approximate surface area is 176 Å². The largest absolute Gasteiger partial charge is 0.484 e. The molecule has 0 bridgehead atoms. The number of carbonyl (C=O) groups excluding carboxylic acids is 2. The maximum Gasteiger partial charge on any atom is 0.264 e. The fraction of sp³-hybridized carbons (Fsp3) is 0.200. The third kappa shape index (κ3) is 6.88. The van der Waals surface area contributed by atoms with Gasteiger partial charge in [-0.2, -0.15) is 0 Å². The Morgan fingerprint density at radius 2 is 1.76 bits per heavy atom. The quantitative estimate of drug-likeness (QED) is 0.397. The van der Waals surface area contributed by atoms with Gasteiger partial charge >= 0.3 is 0 Å². The van der Waals surface area contributed by atoms with Gasteiger partial charge in [0, 0.05) is 5.69 Å². The first-order valence-corrected chi connectivity index (χ1v) is 10.8. The van der Waals surface area contributed by atoms with Crippen LogP contribution in [-0.2, 0) is 16.0 Å². The number of thioether (sulfide) groups is 1. The zero-order valence-corrected chi connectivity index (χ0v) is 17.4. The fourth-order valence-electron chi connectivity index (χ4n) is 2.29. The summed E-state index contributed by atoms with van der Waals surface area (Å²) < 4.78 is 5.98. The van der Waals surface area contributed by atoms with Crippen LogP contribution in [0.3, 0.4) is 0 Å². The minimum atomic E-state index is -0.324. The number of aromatic nitrogens is 2. The van der Waals surface area contributed by atoms with Gasteiger partial charge in [0.1, 0.15) is 5.75 Å². The lowest BCUT2D eigenvalue weighted by atomic mass is 10.1. The number of anilines is 2. The zero-order chi connectivity index (χ0) is 20.5. The van der Waals surface area contributed by atoms with Crippen molar-refractivity contribution < 1.29 is 14.3 Å². The number of hydrogen-bond acceptors (Lipinski definition) is 7. The summed E-state index contributed by atoms with van der Waals surface area (Å²) in [5.41, 5.74) is 1.98. The fourth-order valence-corrected chi connectivity index (χ4v) is 3.86. The van der Waals surface area contributed by atoms with Crippen LogP contribution in [-0.4, -0.2) is 34.4 Å². The molecule has 0 aliphatic rings. The average Bonchev–Trinajstić information content (AvgIpc) is 3.19. The smallest absolute Gasteiger partial charge is 0.264 e. The number of carbonyl (C=O) groups is 2. The van der Waals surface area contributed by atoms with Crippen LogP contribution < -0.4 is 15.4 Å². The van der Waals surface area contributed by atoms with Gasteiger partial charge in [0.25, 0.3) is 5.91 Å². The lowest BCUT2D eigenvalue weighted by Crippen LogP contribution is -2.20. The molecule has 29 heavy (non-hydrogen) atoms. The van der Waals surface area contributed by atoms with Gasteiger partial charge in [0.15, 0.2) is 10.9 Å². The van der Waals surface area contributed by atoms with Crippen molar-refractivity contribution in [3.05, 3.63) is 60.2 Å². The van der Waals surface area contributed by atoms with Gasteiger partial charge in [-0.15, -0.1) is 10.2 Å². The number of nitrogens with one attached hydrogen (secondary N) is 2. The predicted octanol–water partition coefficient (Wildman–Crippen LogP) is 3.85. The third-order valence-corrected chi connectivity index (χ3v) is 5.71. The minimum absolute atomic E-state index is 0.120. The molecule has 0 aliphatic carbocycles. The molecule has 150 valence electrons. The van der Waals surface area contributed by atoms with Gasteiger partial charge in [0.2, 0.25) is 11.0 Å². The highest BCUT2D eigenvalue weighted by Gasteiger charge is 2.11. The number of rotatable bonds is 9. The van der Waals surface area contributed by atoms with Crippen LogP contribution in [0.5, 0.6) is 5.75 Å². The van der Waals surface area contributed by atoms with E-state index in [9.17, 15) is 9.59 Å². The highest BCUT2D eigenvalue weighted by molar-refractivity contribution is 8.01. The van der Waals surface area contributed by atoms with Crippen LogP contribution in [0.2, 0.25) is 0 Å². The van der Waals surface area contributed by atoms with E-state index in [-0.39, 0.29) is 24.2 Å². The summed E-state index contributed by atoms with van der Waals surface area (Å²) in [6.45, 7) is 1.96. The van der Waals surface area contributed by atoms with Crippen molar-refractivity contribution in [2.45, 2.75) is 17.7 Å². The number of amides is 2. The van der Waals surface area contributed by atoms with E-state index in [0.717, 1.165) is 12.1 Å². The molecule has 0 unspecified atom stereocenters. The number of para-hydroxylation sites is 1. The minimum Gasteiger partial charge on any atom is -0.484 e. The summed E-state index contributed by atoms with van der Waals surface area (Å²) in [5.74, 6) is 0.368. The molecule has 0 saturated carbocycles. The summed E-state index contributed by atoms with van der Waals surface area (Å²) in [6.07, 6.45) is 0.957. The molecule has 2 aromatic carbocycles. The second-order valence-electron chi connectivity index (χ2n) is 5.91. The van der Waals surface area contributed by atoms with E-state index in [1.807, 2.05) is 42.5 Å². The van der Waals surface area contributed by atoms with Crippen molar-refractivity contribution >= 4 is 45.7 Å². The van der Waals surface area contributed by atoms with Crippen molar-refractivity contribution in [1.82, 2.24) is 10.2 Å². The third-order valence-electron chi connectivity index (χ3n) is 3.74. The zero-order valence-electron chi connectivity index (χ0n) is 15.8. The topological polar surface area (TPSA) is 93.2 Å². The molecule has 0 saturated heterocycles. The van der Waals surface area contributed by atoms with Crippen molar-refractivity contribution in [2.75, 3.05) is 23.0 Å². The van der Waals surface area contributed by atoms with E-state index in [4.69, 9.17) is 4.74 Å². The van der Waals surface area contributed by atoms with Gasteiger partial charge in [-0.3, -0.25) is 14.9 Å². The van der Waals surface area contributed by atoms with Gasteiger partial charge in [-0.05, 0) is 36.2 Å². The summed E-state index contributed by atoms with van der Waals surface area (Å²) in [4.78, 5) is 24.0. The van der Waals surface area contributed by atoms with E-state index >= 15 is 0 Å². The molecule has 7 nitrogen and oxygen atoms in total. The van der Waals surface area contributed by atoms with E-state index in [1.165, 1.54) is 28.7 Å². The number of benzene rings is 2. The summed E-state index contributed by atoms with van der Waals surface area (Å²) >= 11 is 2.47. The van der Waals surface area contributed by atoms with Crippen LogP contribution in [0, 0.1) is 0 Å². The van der Waals surface area contributed by atoms with E-state index in [0.29, 0.717) is 15.2 Å². The monoisotopic (exact) mass is 428 g/mol. The summed E-state index contributed by atoms with van der Waals surface area (Å²) in [6, 6.07) is 16.8. The van der Waals surface area contributed by atoms with Crippen LogP contribution in [0.4, 0.5) is 10.8 Å². The first-order valence-electron chi connectivity index (χ1n) is 8.95. The molecule has 0 radical (unpaired) electrons. The first kappa shape index (κ1) is 20.8. The predicted molar refractivity (Wildman–Crippen MR) is 116 cm³/mol. The highest BCUT2D eigenvalue weighted by Crippen LogP contribution is 2.25. The van der Waals surface area contributed by atoms with Crippen molar-refractivity contribution in [3.63, 3.8) is 0 Å². The molecule has 0 spiro atoms. The summed E-state index contributed by atoms with van der Waals surface area (Å²) in [5, 5.41) is 13.8. The number of hydrogen-bond donors (Lipinski definition) is 2. The van der Waals surface area contributed by atoms with Gasteiger partial charge in [-0.1, -0.05) is 60.4 Å². The first-order chi connectivity index (χ1) is 14.1. The maximum atomic E-state index is 12.1. The Balaban J connectivity index is 1.41. The SMILES string of the molecule is CCc1ccc(NC(=O)CSc2nnc(NC(=O)COc3ccccc3)s2)cc1. The van der Waals surface area contributed by atoms with Crippen LogP contribution in [0.25, 0.3) is 0 Å². The van der Waals surface area contributed by atoms with Gasteiger partial charge < -0.3 is 10.1 Å². The normalized spacial score (nSPS) is 10.4. The maximum absolute atomic E-state index is 12.1. The molecule has 0 aliphatic heterocycles. The molecule has 3 rings (SSSR count). The lowest BCUT2D eigenvalue weighted by molar-refractivity contribution is -0.118. The molecule has 2 amide bonds. The van der Waals surface area contributed by atoms with E-state index in [1.54, 1.807) is 12.1 Å². The number of nitrogens with zero attached hydrogens (tertiary/aromatic N) is 2. The Bertz CT molecular complexity index is 946. The van der Waals surface area contributed by atoms with Crippen molar-refractivity contribution in [3.8, 4) is 5.75 Å². The lowest BCUT2D eigenvalue weighted by Gasteiger charge is -2.05. The highest BCUT2D eigenvalue weighted by atomic mass is 32.2. The Hall–Kier alpha value is -2.91. The Morgan fingerprint density at radius 1 is 1.00 bits per heavy atom. The second-order valence-corrected chi connectivity index (χ2v) is 8.11. The number of aryl methyl sites for hydroxylation is 1. The average molecular weight is 429 g/mol. The van der Waals surface area contributed by atoms with E-state index in [2.05, 4.69) is 27.8 Å². The molecule has 9 heteroatoms. The van der Waals surface area contributed by atoms with Crippen LogP contribution >= 0.6 is 23.1 Å². The van der Waals surface area contributed by atoms with Crippen molar-refractivity contribution in [2.24, 2.45) is 0 Å². The van der Waals surface area contributed by atoms with Gasteiger partial charge in [0.05, 0.1) is 5.75 Å². The Kier molecular flexibility index (Phi) is 7.60. The molecule has 0 fully saturated rings. The van der Waals surface area contributed by atoms with Crippen molar-refractivity contribution in [1.29, 1.82) is 0 Å². The molecule has 0 atom stereocenters. The molecular formula is C20H20N4O3S2. The van der Waals surface area contributed by atoms with Gasteiger partial charge in [-0.25, -0.2) is 0 Å². The second kappa shape index (κ2) is 10.6.